The van der Waals surface area contributed by atoms with Crippen LogP contribution in [0.4, 0.5) is 5.69 Å². The Labute approximate surface area is 121 Å². The largest absolute Gasteiger partial charge is 0.450 e. The van der Waals surface area contributed by atoms with Crippen LogP contribution in [0.15, 0.2) is 48.5 Å². The highest BCUT2D eigenvalue weighted by atomic mass is 16.6. The maximum Gasteiger partial charge on any atom is 0.303 e. The van der Waals surface area contributed by atoms with Crippen molar-refractivity contribution in [2.75, 3.05) is 4.90 Å². The number of hydrogen-bond acceptors (Lipinski definition) is 3. The lowest BCUT2D eigenvalue weighted by Crippen LogP contribution is -2.61. The normalized spacial score (nSPS) is 21.8. The Bertz CT molecular complexity index is 768. The summed E-state index contributed by atoms with van der Waals surface area (Å²) in [6, 6.07) is 15.6. The molecule has 0 aliphatic carbocycles. The highest BCUT2D eigenvalue weighted by Crippen LogP contribution is 2.51. The number of rotatable bonds is 1. The maximum atomic E-state index is 12.4. The van der Waals surface area contributed by atoms with Crippen molar-refractivity contribution in [3.8, 4) is 11.1 Å². The quantitative estimate of drug-likeness (QED) is 0.595. The molecular formula is C17H13NO3. The Morgan fingerprint density at radius 1 is 1.05 bits per heavy atom. The van der Waals surface area contributed by atoms with Gasteiger partial charge in [-0.3, -0.25) is 14.5 Å². The Morgan fingerprint density at radius 3 is 2.48 bits per heavy atom. The number of benzene rings is 2. The van der Waals surface area contributed by atoms with Crippen molar-refractivity contribution in [3.63, 3.8) is 0 Å². The first-order chi connectivity index (χ1) is 10.2. The van der Waals surface area contributed by atoms with Gasteiger partial charge in [-0.05, 0) is 17.2 Å². The van der Waals surface area contributed by atoms with Gasteiger partial charge >= 0.3 is 5.97 Å². The molecule has 0 radical (unpaired) electrons. The standard InChI is InChI=1S/C17H13NO3/c1-10(19)21-16-15-13-8-3-2-6-11(13)12-7-4-5-9-14(12)18(15)17(16)20/h2-9,15-16H,1H3/t15-,16-/m1/s1. The van der Waals surface area contributed by atoms with Gasteiger partial charge in [0.05, 0.1) is 5.69 Å². The molecule has 1 fully saturated rings. The molecule has 2 atom stereocenters. The summed E-state index contributed by atoms with van der Waals surface area (Å²) in [4.78, 5) is 25.3. The molecular weight excluding hydrogens is 266 g/mol. The van der Waals surface area contributed by atoms with Crippen molar-refractivity contribution in [2.24, 2.45) is 0 Å². The first-order valence-corrected chi connectivity index (χ1v) is 6.87. The lowest BCUT2D eigenvalue weighted by molar-refractivity contribution is -0.160. The number of carbonyl (C=O) groups is 2. The summed E-state index contributed by atoms with van der Waals surface area (Å²) in [7, 11) is 0. The minimum Gasteiger partial charge on any atom is -0.450 e. The zero-order chi connectivity index (χ0) is 14.6. The number of amides is 1. The summed E-state index contributed by atoms with van der Waals surface area (Å²) in [5.41, 5.74) is 4.05. The van der Waals surface area contributed by atoms with E-state index in [0.717, 1.165) is 22.4 Å². The average Bonchev–Trinajstić information content (AvgIpc) is 2.51. The van der Waals surface area contributed by atoms with E-state index < -0.39 is 12.1 Å². The second kappa shape index (κ2) is 4.19. The number of anilines is 1. The molecule has 2 aliphatic heterocycles. The van der Waals surface area contributed by atoms with E-state index in [-0.39, 0.29) is 11.9 Å². The predicted octanol–water partition coefficient (Wildman–Crippen LogP) is 2.69. The summed E-state index contributed by atoms with van der Waals surface area (Å²) >= 11 is 0. The Morgan fingerprint density at radius 2 is 1.71 bits per heavy atom. The molecule has 2 aliphatic rings. The number of ether oxygens (including phenoxy) is 1. The van der Waals surface area contributed by atoms with Crippen LogP contribution in [0, 0.1) is 0 Å². The van der Waals surface area contributed by atoms with Gasteiger partial charge in [0, 0.05) is 12.5 Å². The molecule has 4 nitrogen and oxygen atoms in total. The third-order valence-electron chi connectivity index (χ3n) is 4.07. The smallest absolute Gasteiger partial charge is 0.303 e. The van der Waals surface area contributed by atoms with E-state index in [1.807, 2.05) is 48.5 Å². The second-order valence-corrected chi connectivity index (χ2v) is 5.29. The zero-order valence-electron chi connectivity index (χ0n) is 11.4. The van der Waals surface area contributed by atoms with E-state index in [9.17, 15) is 9.59 Å². The van der Waals surface area contributed by atoms with Crippen molar-refractivity contribution >= 4 is 17.6 Å². The lowest BCUT2D eigenvalue weighted by atomic mass is 9.80. The predicted molar refractivity (Wildman–Crippen MR) is 77.7 cm³/mol. The Kier molecular flexibility index (Phi) is 2.42. The van der Waals surface area contributed by atoms with E-state index in [2.05, 4.69) is 0 Å². The number of hydrogen-bond donors (Lipinski definition) is 0. The van der Waals surface area contributed by atoms with E-state index in [1.54, 1.807) is 4.90 Å². The van der Waals surface area contributed by atoms with Crippen molar-refractivity contribution in [2.45, 2.75) is 19.1 Å². The molecule has 4 rings (SSSR count). The van der Waals surface area contributed by atoms with Gasteiger partial charge in [-0.15, -0.1) is 0 Å². The molecule has 2 aromatic rings. The van der Waals surface area contributed by atoms with Crippen molar-refractivity contribution in [3.05, 3.63) is 54.1 Å². The number of carbonyl (C=O) groups excluding carboxylic acids is 2. The summed E-state index contributed by atoms with van der Waals surface area (Å²) < 4.78 is 5.21. The first kappa shape index (κ1) is 12.1. The van der Waals surface area contributed by atoms with Crippen LogP contribution in [0.5, 0.6) is 0 Å². The van der Waals surface area contributed by atoms with Gasteiger partial charge in [-0.1, -0.05) is 42.5 Å². The number of β-lactam (4-membered cyclic amide) rings is 1. The van der Waals surface area contributed by atoms with Gasteiger partial charge in [-0.2, -0.15) is 0 Å². The number of nitrogens with zero attached hydrogens (tertiary/aromatic N) is 1. The van der Waals surface area contributed by atoms with Crippen molar-refractivity contribution < 1.29 is 14.3 Å². The summed E-state index contributed by atoms with van der Waals surface area (Å²) in [5, 5.41) is 0. The summed E-state index contributed by atoms with van der Waals surface area (Å²) in [6.07, 6.45) is -0.711. The number of para-hydroxylation sites is 1. The second-order valence-electron chi connectivity index (χ2n) is 5.29. The topological polar surface area (TPSA) is 46.6 Å². The highest BCUT2D eigenvalue weighted by Gasteiger charge is 2.54. The Hall–Kier alpha value is -2.62. The molecule has 0 aromatic heterocycles. The van der Waals surface area contributed by atoms with Gasteiger partial charge in [0.2, 0.25) is 6.10 Å². The van der Waals surface area contributed by atoms with E-state index in [0.29, 0.717) is 0 Å². The van der Waals surface area contributed by atoms with Gasteiger partial charge in [0.1, 0.15) is 6.04 Å². The van der Waals surface area contributed by atoms with Crippen LogP contribution < -0.4 is 4.90 Å². The Balaban J connectivity index is 1.89. The molecule has 1 saturated heterocycles. The van der Waals surface area contributed by atoms with E-state index in [4.69, 9.17) is 4.74 Å². The summed E-state index contributed by atoms with van der Waals surface area (Å²) in [5.74, 6) is -0.582. The van der Waals surface area contributed by atoms with Crippen LogP contribution in [-0.4, -0.2) is 18.0 Å². The van der Waals surface area contributed by atoms with Crippen LogP contribution in [0.1, 0.15) is 18.5 Å². The number of esters is 1. The van der Waals surface area contributed by atoms with Crippen molar-refractivity contribution in [1.82, 2.24) is 0 Å². The van der Waals surface area contributed by atoms with Gasteiger partial charge in [-0.25, -0.2) is 0 Å². The fraction of sp³-hybridized carbons (Fsp3) is 0.176. The third-order valence-corrected chi connectivity index (χ3v) is 4.07. The van der Waals surface area contributed by atoms with E-state index in [1.165, 1.54) is 6.92 Å². The molecule has 2 aromatic carbocycles. The van der Waals surface area contributed by atoms with Gasteiger partial charge < -0.3 is 4.74 Å². The highest BCUT2D eigenvalue weighted by molar-refractivity contribution is 6.10. The van der Waals surface area contributed by atoms with Crippen LogP contribution >= 0.6 is 0 Å². The molecule has 0 N–H and O–H groups in total. The van der Waals surface area contributed by atoms with Gasteiger partial charge in [0.25, 0.3) is 5.91 Å². The van der Waals surface area contributed by atoms with Crippen LogP contribution in [0.25, 0.3) is 11.1 Å². The number of fused-ring (bicyclic) bond motifs is 6. The monoisotopic (exact) mass is 279 g/mol. The zero-order valence-corrected chi connectivity index (χ0v) is 11.4. The minimum absolute atomic E-state index is 0.155. The maximum absolute atomic E-state index is 12.4. The molecule has 0 spiro atoms. The minimum atomic E-state index is -0.711. The molecule has 4 heteroatoms. The van der Waals surface area contributed by atoms with Gasteiger partial charge in [0.15, 0.2) is 0 Å². The average molecular weight is 279 g/mol. The van der Waals surface area contributed by atoms with Crippen LogP contribution in [0.3, 0.4) is 0 Å². The lowest BCUT2D eigenvalue weighted by Gasteiger charge is -2.49. The molecule has 0 saturated carbocycles. The summed E-state index contributed by atoms with van der Waals surface area (Å²) in [6.45, 7) is 1.33. The molecule has 2 heterocycles. The first-order valence-electron chi connectivity index (χ1n) is 6.87. The fourth-order valence-electron chi connectivity index (χ4n) is 3.24. The van der Waals surface area contributed by atoms with E-state index >= 15 is 0 Å². The molecule has 0 unspecified atom stereocenters. The molecule has 21 heavy (non-hydrogen) atoms. The molecule has 104 valence electrons. The van der Waals surface area contributed by atoms with Crippen LogP contribution in [-0.2, 0) is 14.3 Å². The van der Waals surface area contributed by atoms with Crippen molar-refractivity contribution in [1.29, 1.82) is 0 Å². The fourth-order valence-corrected chi connectivity index (χ4v) is 3.24. The molecule has 0 bridgehead atoms. The SMILES string of the molecule is CC(=O)O[C@H]1C(=O)N2c3ccccc3-c3ccccc3[C@H]12. The third kappa shape index (κ3) is 1.56. The molecule has 1 amide bonds. The van der Waals surface area contributed by atoms with Crippen LogP contribution in [0.2, 0.25) is 0 Å².